The molecule has 6 nitrogen and oxygen atoms in total. The highest BCUT2D eigenvalue weighted by atomic mass is 32.1. The Morgan fingerprint density at radius 3 is 2.85 bits per heavy atom. The summed E-state index contributed by atoms with van der Waals surface area (Å²) < 4.78 is 1.45. The van der Waals surface area contributed by atoms with Gasteiger partial charge in [0.1, 0.15) is 0 Å². The molecule has 108 valence electrons. The number of nitrogens with one attached hydrogen (secondary N) is 1. The topological polar surface area (TPSA) is 63.1 Å². The zero-order valence-electron chi connectivity index (χ0n) is 12.0. The molecule has 2 heterocycles. The molecule has 0 aliphatic rings. The molecule has 0 saturated carbocycles. The minimum atomic E-state index is -0.104. The van der Waals surface area contributed by atoms with E-state index in [1.807, 2.05) is 19.0 Å². The van der Waals surface area contributed by atoms with E-state index in [0.29, 0.717) is 6.54 Å². The number of rotatable bonds is 6. The number of hydrogen-bond acceptors (Lipinski definition) is 6. The highest BCUT2D eigenvalue weighted by Crippen LogP contribution is 2.18. The van der Waals surface area contributed by atoms with E-state index < -0.39 is 0 Å². The quantitative estimate of drug-likeness (QED) is 0.877. The third-order valence-electron chi connectivity index (χ3n) is 2.76. The number of aromatic nitrogens is 3. The van der Waals surface area contributed by atoms with Gasteiger partial charge in [-0.1, -0.05) is 6.92 Å². The van der Waals surface area contributed by atoms with E-state index >= 15 is 0 Å². The van der Waals surface area contributed by atoms with E-state index in [1.54, 1.807) is 29.8 Å². The summed E-state index contributed by atoms with van der Waals surface area (Å²) in [5.41, 5.74) is 0.702. The largest absolute Gasteiger partial charge is 0.376 e. The molecule has 0 aliphatic heterocycles. The van der Waals surface area contributed by atoms with Crippen LogP contribution in [0.3, 0.4) is 0 Å². The summed E-state index contributed by atoms with van der Waals surface area (Å²) in [6.07, 6.45) is 4.54. The van der Waals surface area contributed by atoms with Crippen molar-refractivity contribution >= 4 is 22.2 Å². The van der Waals surface area contributed by atoms with Crippen LogP contribution in [0.25, 0.3) is 0 Å². The van der Waals surface area contributed by atoms with Crippen molar-refractivity contribution in [2.24, 2.45) is 0 Å². The molecule has 0 atom stereocenters. The first-order valence-electron chi connectivity index (χ1n) is 6.53. The van der Waals surface area contributed by atoms with Crippen LogP contribution in [-0.4, -0.2) is 35.4 Å². The summed E-state index contributed by atoms with van der Waals surface area (Å²) in [7, 11) is 3.77. The molecule has 2 aromatic rings. The number of hydrogen-bond donors (Lipinski definition) is 1. The fourth-order valence-electron chi connectivity index (χ4n) is 1.63. The molecule has 0 saturated heterocycles. The highest BCUT2D eigenvalue weighted by molar-refractivity contribution is 7.15. The van der Waals surface area contributed by atoms with Gasteiger partial charge in [0.25, 0.3) is 5.56 Å². The molecule has 2 aromatic heterocycles. The lowest BCUT2D eigenvalue weighted by Crippen LogP contribution is -2.24. The van der Waals surface area contributed by atoms with Gasteiger partial charge in [0.2, 0.25) is 0 Å². The Balaban J connectivity index is 2.10. The predicted octanol–water partition coefficient (Wildman–Crippen LogP) is 1.64. The van der Waals surface area contributed by atoms with Crippen LogP contribution in [0.15, 0.2) is 23.3 Å². The highest BCUT2D eigenvalue weighted by Gasteiger charge is 2.06. The lowest BCUT2D eigenvalue weighted by molar-refractivity contribution is 0.644. The van der Waals surface area contributed by atoms with Gasteiger partial charge in [-0.15, -0.1) is 11.3 Å². The Hall–Kier alpha value is -1.89. The molecular weight excluding hydrogens is 274 g/mol. The Labute approximate surface area is 122 Å². The van der Waals surface area contributed by atoms with Gasteiger partial charge in [-0.05, 0) is 6.42 Å². The van der Waals surface area contributed by atoms with Gasteiger partial charge in [0.15, 0.2) is 5.13 Å². The molecule has 0 fully saturated rings. The Kier molecular flexibility index (Phi) is 4.73. The molecule has 20 heavy (non-hydrogen) atoms. The predicted molar refractivity (Wildman–Crippen MR) is 82.8 cm³/mol. The van der Waals surface area contributed by atoms with Crippen LogP contribution in [0.1, 0.15) is 18.2 Å². The van der Waals surface area contributed by atoms with Crippen LogP contribution in [-0.2, 0) is 6.54 Å². The summed E-state index contributed by atoms with van der Waals surface area (Å²) in [5.74, 6) is 0. The van der Waals surface area contributed by atoms with Crippen LogP contribution >= 0.6 is 11.3 Å². The summed E-state index contributed by atoms with van der Waals surface area (Å²) >= 11 is 1.55. The molecule has 0 aliphatic carbocycles. The molecule has 0 amide bonds. The van der Waals surface area contributed by atoms with Gasteiger partial charge < -0.3 is 10.2 Å². The molecule has 0 spiro atoms. The molecular formula is C13H19N5OS. The molecule has 0 bridgehead atoms. The number of thiazole rings is 1. The maximum atomic E-state index is 12.0. The zero-order chi connectivity index (χ0) is 14.5. The van der Waals surface area contributed by atoms with Crippen molar-refractivity contribution in [3.05, 3.63) is 33.7 Å². The average Bonchev–Trinajstić information content (AvgIpc) is 2.86. The maximum absolute atomic E-state index is 12.0. The minimum Gasteiger partial charge on any atom is -0.376 e. The maximum Gasteiger partial charge on any atom is 0.269 e. The van der Waals surface area contributed by atoms with Crippen molar-refractivity contribution in [3.8, 4) is 0 Å². The first-order chi connectivity index (χ1) is 9.60. The van der Waals surface area contributed by atoms with Gasteiger partial charge in [-0.3, -0.25) is 4.79 Å². The van der Waals surface area contributed by atoms with E-state index in [9.17, 15) is 4.79 Å². The standard InChI is InChI=1S/C13H19N5OS/c1-4-5-14-13-15-8-11(20-13)9-18-12(19)6-10(7-16-18)17(2)3/h6-8H,4-5,9H2,1-3H3,(H,14,15). The SMILES string of the molecule is CCCNc1ncc(Cn2ncc(N(C)C)cc2=O)s1. The van der Waals surface area contributed by atoms with Gasteiger partial charge in [0.05, 0.1) is 18.4 Å². The van der Waals surface area contributed by atoms with E-state index in [-0.39, 0.29) is 5.56 Å². The van der Waals surface area contributed by atoms with Gasteiger partial charge in [-0.2, -0.15) is 5.10 Å². The van der Waals surface area contributed by atoms with Crippen LogP contribution in [0.5, 0.6) is 0 Å². The molecule has 7 heteroatoms. The Morgan fingerprint density at radius 2 is 2.20 bits per heavy atom. The van der Waals surface area contributed by atoms with Gasteiger partial charge >= 0.3 is 0 Å². The van der Waals surface area contributed by atoms with Crippen LogP contribution in [0, 0.1) is 0 Å². The minimum absolute atomic E-state index is 0.104. The number of anilines is 2. The second kappa shape index (κ2) is 6.51. The lowest BCUT2D eigenvalue weighted by atomic mass is 10.4. The summed E-state index contributed by atoms with van der Waals surface area (Å²) in [4.78, 5) is 19.1. The third-order valence-corrected chi connectivity index (χ3v) is 3.70. The third kappa shape index (κ3) is 3.57. The van der Waals surface area contributed by atoms with Crippen LogP contribution in [0.4, 0.5) is 10.8 Å². The van der Waals surface area contributed by atoms with Crippen molar-refractivity contribution in [2.75, 3.05) is 30.9 Å². The van der Waals surface area contributed by atoms with Crippen molar-refractivity contribution in [1.82, 2.24) is 14.8 Å². The number of nitrogens with zero attached hydrogens (tertiary/aromatic N) is 4. The first kappa shape index (κ1) is 14.5. The summed E-state index contributed by atoms with van der Waals surface area (Å²) in [6.45, 7) is 3.47. The van der Waals surface area contributed by atoms with Crippen molar-refractivity contribution < 1.29 is 0 Å². The second-order valence-electron chi connectivity index (χ2n) is 4.66. The Bertz CT molecular complexity index is 619. The first-order valence-corrected chi connectivity index (χ1v) is 7.35. The molecule has 0 radical (unpaired) electrons. The Morgan fingerprint density at radius 1 is 1.40 bits per heavy atom. The summed E-state index contributed by atoms with van der Waals surface area (Å²) in [6, 6.07) is 1.59. The molecule has 1 N–H and O–H groups in total. The van der Waals surface area contributed by atoms with E-state index in [2.05, 4.69) is 22.3 Å². The monoisotopic (exact) mass is 293 g/mol. The van der Waals surface area contributed by atoms with Crippen LogP contribution < -0.4 is 15.8 Å². The van der Waals surface area contributed by atoms with Crippen LogP contribution in [0.2, 0.25) is 0 Å². The normalized spacial score (nSPS) is 10.6. The molecule has 2 rings (SSSR count). The van der Waals surface area contributed by atoms with E-state index in [1.165, 1.54) is 4.68 Å². The van der Waals surface area contributed by atoms with Gasteiger partial charge in [0, 0.05) is 37.8 Å². The fourth-order valence-corrected chi connectivity index (χ4v) is 2.45. The van der Waals surface area contributed by atoms with Crippen molar-refractivity contribution in [3.63, 3.8) is 0 Å². The van der Waals surface area contributed by atoms with Crippen molar-refractivity contribution in [2.45, 2.75) is 19.9 Å². The fraction of sp³-hybridized carbons (Fsp3) is 0.462. The summed E-state index contributed by atoms with van der Waals surface area (Å²) in [5, 5.41) is 8.31. The zero-order valence-corrected chi connectivity index (χ0v) is 12.8. The molecule has 0 unspecified atom stereocenters. The van der Waals surface area contributed by atoms with E-state index in [0.717, 1.165) is 28.7 Å². The van der Waals surface area contributed by atoms with Crippen molar-refractivity contribution in [1.29, 1.82) is 0 Å². The molecule has 0 aromatic carbocycles. The second-order valence-corrected chi connectivity index (χ2v) is 5.78. The van der Waals surface area contributed by atoms with E-state index in [4.69, 9.17) is 0 Å². The average molecular weight is 293 g/mol. The van der Waals surface area contributed by atoms with Gasteiger partial charge in [-0.25, -0.2) is 9.67 Å². The lowest BCUT2D eigenvalue weighted by Gasteiger charge is -2.11. The smallest absolute Gasteiger partial charge is 0.269 e.